The van der Waals surface area contributed by atoms with Crippen LogP contribution in [-0.2, 0) is 0 Å². The van der Waals surface area contributed by atoms with Crippen molar-refractivity contribution in [2.75, 3.05) is 24.7 Å². The molecule has 0 bridgehead atoms. The highest BCUT2D eigenvalue weighted by molar-refractivity contribution is 6.23. The number of imide groups is 1. The van der Waals surface area contributed by atoms with E-state index >= 15 is 0 Å². The zero-order chi connectivity index (χ0) is 22.0. The molecule has 4 aromatic rings. The number of carbonyl (C=O) groups is 2. The van der Waals surface area contributed by atoms with Crippen molar-refractivity contribution < 1.29 is 9.59 Å². The minimum atomic E-state index is -0.625. The van der Waals surface area contributed by atoms with Crippen molar-refractivity contribution in [3.8, 4) is 5.69 Å². The summed E-state index contributed by atoms with van der Waals surface area (Å²) < 4.78 is 1.23. The first-order valence-corrected chi connectivity index (χ1v) is 9.55. The molecule has 3 N–H and O–H groups in total. The van der Waals surface area contributed by atoms with Crippen LogP contribution in [0.5, 0.6) is 0 Å². The van der Waals surface area contributed by atoms with Gasteiger partial charge in [0.15, 0.2) is 0 Å². The Kier molecular flexibility index (Phi) is 3.85. The molecule has 9 nitrogen and oxygen atoms in total. The van der Waals surface area contributed by atoms with Crippen molar-refractivity contribution in [3.05, 3.63) is 63.4 Å². The molecule has 0 atom stereocenters. The minimum absolute atomic E-state index is 0.00400. The monoisotopic (exact) mass is 414 g/mol. The molecule has 0 aliphatic carbocycles. The summed E-state index contributed by atoms with van der Waals surface area (Å²) in [7, 11) is 3.89. The topological polar surface area (TPSA) is 123 Å². The first kappa shape index (κ1) is 18.7. The van der Waals surface area contributed by atoms with Crippen LogP contribution in [0.25, 0.3) is 27.8 Å². The Morgan fingerprint density at radius 3 is 2.32 bits per heavy atom. The number of hydrogen-bond acceptors (Lipinski definition) is 7. The van der Waals surface area contributed by atoms with E-state index in [4.69, 9.17) is 15.7 Å². The third-order valence-electron chi connectivity index (χ3n) is 5.44. The van der Waals surface area contributed by atoms with Gasteiger partial charge in [-0.25, -0.2) is 9.97 Å². The summed E-state index contributed by atoms with van der Waals surface area (Å²) in [4.78, 5) is 48.3. The summed E-state index contributed by atoms with van der Waals surface area (Å²) >= 11 is 0. The minimum Gasteiger partial charge on any atom is -0.384 e. The predicted molar refractivity (Wildman–Crippen MR) is 118 cm³/mol. The first-order valence-electron chi connectivity index (χ1n) is 9.55. The normalized spacial score (nSPS) is 13.0. The maximum Gasteiger partial charge on any atom is 0.262 e. The zero-order valence-corrected chi connectivity index (χ0v) is 17.1. The van der Waals surface area contributed by atoms with E-state index in [0.29, 0.717) is 22.2 Å². The molecule has 31 heavy (non-hydrogen) atoms. The molecular formula is C22H18N6O3. The number of amides is 2. The molecule has 1 aliphatic heterocycles. The van der Waals surface area contributed by atoms with Gasteiger partial charge in [0.25, 0.3) is 17.4 Å². The van der Waals surface area contributed by atoms with E-state index in [1.165, 1.54) is 4.57 Å². The molecule has 2 aromatic heterocycles. The molecule has 2 amide bonds. The molecule has 2 aromatic carbocycles. The van der Waals surface area contributed by atoms with Crippen LogP contribution in [0, 0.1) is 6.92 Å². The van der Waals surface area contributed by atoms with Gasteiger partial charge in [0, 0.05) is 25.8 Å². The highest BCUT2D eigenvalue weighted by atomic mass is 16.2. The lowest BCUT2D eigenvalue weighted by atomic mass is 10.1. The van der Waals surface area contributed by atoms with E-state index in [-0.39, 0.29) is 16.9 Å². The quantitative estimate of drug-likeness (QED) is 0.378. The largest absolute Gasteiger partial charge is 0.384 e. The Bertz CT molecular complexity index is 1520. The zero-order valence-electron chi connectivity index (χ0n) is 17.1. The number of carbonyl (C=O) groups excluding carboxylic acids is 2. The van der Waals surface area contributed by atoms with Crippen LogP contribution < -0.4 is 21.5 Å². The fourth-order valence-corrected chi connectivity index (χ4v) is 3.85. The van der Waals surface area contributed by atoms with Gasteiger partial charge in [-0.2, -0.15) is 0 Å². The SMILES string of the molecule is Cc1cc2nc3ccc(N(C)C)cc3nc2cc1-n1c(N)c2c(cc1=O)C(=O)NC2=O. The second-order valence-corrected chi connectivity index (χ2v) is 7.69. The summed E-state index contributed by atoms with van der Waals surface area (Å²) in [6.45, 7) is 1.82. The molecule has 3 heterocycles. The first-order chi connectivity index (χ1) is 14.7. The van der Waals surface area contributed by atoms with Crippen LogP contribution in [0.4, 0.5) is 11.5 Å². The third kappa shape index (κ3) is 2.74. The molecule has 0 unspecified atom stereocenters. The molecule has 1 aliphatic rings. The third-order valence-corrected chi connectivity index (χ3v) is 5.44. The van der Waals surface area contributed by atoms with Crippen LogP contribution in [0.3, 0.4) is 0 Å². The van der Waals surface area contributed by atoms with Gasteiger partial charge < -0.3 is 10.6 Å². The maximum absolute atomic E-state index is 12.8. The van der Waals surface area contributed by atoms with Gasteiger partial charge >= 0.3 is 0 Å². The fraction of sp³-hybridized carbons (Fsp3) is 0.136. The number of nitrogens with one attached hydrogen (secondary N) is 1. The molecule has 9 heteroatoms. The van der Waals surface area contributed by atoms with Crippen LogP contribution in [-0.4, -0.2) is 40.4 Å². The van der Waals surface area contributed by atoms with Crippen molar-refractivity contribution in [2.45, 2.75) is 6.92 Å². The average molecular weight is 414 g/mol. The highest BCUT2D eigenvalue weighted by Crippen LogP contribution is 2.28. The maximum atomic E-state index is 12.8. The van der Waals surface area contributed by atoms with Crippen molar-refractivity contribution in [3.63, 3.8) is 0 Å². The number of rotatable bonds is 2. The summed E-state index contributed by atoms with van der Waals surface area (Å²) in [6.07, 6.45) is 0. The Balaban J connectivity index is 1.78. The second-order valence-electron chi connectivity index (χ2n) is 7.69. The number of nitrogen functional groups attached to an aromatic ring is 1. The van der Waals surface area contributed by atoms with Gasteiger partial charge in [-0.1, -0.05) is 0 Å². The highest BCUT2D eigenvalue weighted by Gasteiger charge is 2.32. The summed E-state index contributed by atoms with van der Waals surface area (Å²) in [5.41, 5.74) is 10.6. The number of nitrogens with zero attached hydrogens (tertiary/aromatic N) is 4. The van der Waals surface area contributed by atoms with Crippen LogP contribution >= 0.6 is 0 Å². The van der Waals surface area contributed by atoms with Crippen LogP contribution in [0.2, 0.25) is 0 Å². The summed E-state index contributed by atoms with van der Waals surface area (Å²) in [6, 6.07) is 10.5. The van der Waals surface area contributed by atoms with Gasteiger partial charge in [0.1, 0.15) is 5.82 Å². The lowest BCUT2D eigenvalue weighted by Crippen LogP contribution is -2.24. The van der Waals surface area contributed by atoms with Crippen LogP contribution in [0.1, 0.15) is 26.3 Å². The number of fused-ring (bicyclic) bond motifs is 3. The van der Waals surface area contributed by atoms with Gasteiger partial charge in [-0.3, -0.25) is 24.3 Å². The lowest BCUT2D eigenvalue weighted by molar-refractivity contribution is 0.0880. The average Bonchev–Trinajstić information content (AvgIpc) is 2.99. The Morgan fingerprint density at radius 2 is 1.58 bits per heavy atom. The fourth-order valence-electron chi connectivity index (χ4n) is 3.85. The lowest BCUT2D eigenvalue weighted by Gasteiger charge is -2.15. The van der Waals surface area contributed by atoms with Crippen molar-refractivity contribution in [2.24, 2.45) is 0 Å². The molecule has 0 saturated carbocycles. The number of aryl methyl sites for hydroxylation is 1. The Morgan fingerprint density at radius 1 is 0.903 bits per heavy atom. The number of nitrogens with two attached hydrogens (primary N) is 1. The smallest absolute Gasteiger partial charge is 0.262 e. The van der Waals surface area contributed by atoms with Gasteiger partial charge in [-0.05, 0) is 42.8 Å². The molecule has 0 saturated heterocycles. The number of pyridine rings is 1. The molecule has 154 valence electrons. The van der Waals surface area contributed by atoms with Crippen molar-refractivity contribution in [1.29, 1.82) is 0 Å². The van der Waals surface area contributed by atoms with E-state index in [9.17, 15) is 14.4 Å². The van der Waals surface area contributed by atoms with E-state index in [1.807, 2.05) is 50.2 Å². The number of benzene rings is 2. The Hall–Kier alpha value is -4.27. The van der Waals surface area contributed by atoms with Gasteiger partial charge in [0.05, 0.1) is 38.9 Å². The van der Waals surface area contributed by atoms with Gasteiger partial charge in [-0.15, -0.1) is 0 Å². The second kappa shape index (κ2) is 6.36. The van der Waals surface area contributed by atoms with E-state index < -0.39 is 17.4 Å². The molecule has 0 radical (unpaired) electrons. The number of hydrogen-bond donors (Lipinski definition) is 2. The number of anilines is 2. The van der Waals surface area contributed by atoms with Crippen LogP contribution in [0.15, 0.2) is 41.2 Å². The van der Waals surface area contributed by atoms with Gasteiger partial charge in [0.2, 0.25) is 0 Å². The molecule has 0 fully saturated rings. The van der Waals surface area contributed by atoms with Crippen molar-refractivity contribution in [1.82, 2.24) is 19.9 Å². The summed E-state index contributed by atoms with van der Waals surface area (Å²) in [5, 5.41) is 2.17. The Labute approximate surface area is 176 Å². The van der Waals surface area contributed by atoms with E-state index in [1.54, 1.807) is 6.07 Å². The predicted octanol–water partition coefficient (Wildman–Crippen LogP) is 1.77. The molecule has 5 rings (SSSR count). The summed E-state index contributed by atoms with van der Waals surface area (Å²) in [5.74, 6) is -1.33. The van der Waals surface area contributed by atoms with Crippen molar-refractivity contribution >= 4 is 45.4 Å². The molecular weight excluding hydrogens is 396 g/mol. The van der Waals surface area contributed by atoms with E-state index in [2.05, 4.69) is 5.32 Å². The van der Waals surface area contributed by atoms with E-state index in [0.717, 1.165) is 22.8 Å². The number of aromatic nitrogens is 3. The standard InChI is InChI=1S/C22H18N6O3/c1-10-6-14-16(25-15-7-11(27(2)3)4-5-13(15)24-14)9-17(10)28-18(29)8-12-19(20(28)23)22(31)26-21(12)30/h4-9H,23H2,1-3H3,(H,26,30,31). The molecule has 0 spiro atoms.